The number of anilines is 2. The van der Waals surface area contributed by atoms with Crippen LogP contribution in [0, 0.1) is 0 Å². The highest BCUT2D eigenvalue weighted by Crippen LogP contribution is 2.40. The van der Waals surface area contributed by atoms with E-state index in [0.717, 1.165) is 27.0 Å². The van der Waals surface area contributed by atoms with E-state index in [4.69, 9.17) is 14.5 Å². The topological polar surface area (TPSA) is 83.5 Å². The molecular formula is C28H27BrN4O4. The number of aliphatic imine (C=N–C) groups is 1. The molecule has 0 saturated carbocycles. The fraction of sp³-hybridized carbons (Fsp3) is 0.250. The summed E-state index contributed by atoms with van der Waals surface area (Å²) < 4.78 is 11.9. The summed E-state index contributed by atoms with van der Waals surface area (Å²) in [7, 11) is 5.66. The van der Waals surface area contributed by atoms with Gasteiger partial charge in [-0.25, -0.2) is 0 Å². The number of carbonyl (C=O) groups excluding carboxylic acids is 2. The first-order valence-electron chi connectivity index (χ1n) is 11.9. The molecule has 37 heavy (non-hydrogen) atoms. The average molecular weight is 563 g/mol. The number of rotatable bonds is 7. The molecule has 0 aliphatic carbocycles. The summed E-state index contributed by atoms with van der Waals surface area (Å²) in [5.41, 5.74) is 4.42. The maximum Gasteiger partial charge on any atom is 0.238 e. The van der Waals surface area contributed by atoms with Crippen LogP contribution in [0.5, 0.6) is 11.5 Å². The molecule has 0 fully saturated rings. The molecule has 1 unspecified atom stereocenters. The van der Waals surface area contributed by atoms with Crippen molar-refractivity contribution in [1.82, 2.24) is 4.90 Å². The molecule has 8 nitrogen and oxygen atoms in total. The predicted molar refractivity (Wildman–Crippen MR) is 147 cm³/mol. The summed E-state index contributed by atoms with van der Waals surface area (Å²) in [6, 6.07) is 18.8. The average Bonchev–Trinajstić information content (AvgIpc) is 3.48. The van der Waals surface area contributed by atoms with E-state index in [-0.39, 0.29) is 18.6 Å². The Kier molecular flexibility index (Phi) is 6.99. The Bertz CT molecular complexity index is 1390. The minimum Gasteiger partial charge on any atom is -0.454 e. The van der Waals surface area contributed by atoms with Crippen molar-refractivity contribution < 1.29 is 19.1 Å². The van der Waals surface area contributed by atoms with Crippen LogP contribution in [0.25, 0.3) is 0 Å². The lowest BCUT2D eigenvalue weighted by atomic mass is 9.90. The number of benzene rings is 3. The maximum atomic E-state index is 13.2. The standard InChI is InChI=1S/C28H27BrN4O4/c1-32(2)13-12-25(34)33(3)20-8-6-19(7-9-20)30-27(17-4-11-23-24(14-17)37-16-36-23)26-21-10-5-18(29)15-22(21)31-28(26)35/h4-11,14-15,26H,12-13,16H2,1-3H3,(H,31,35). The van der Waals surface area contributed by atoms with Crippen molar-refractivity contribution >= 4 is 50.5 Å². The third-order valence-corrected chi connectivity index (χ3v) is 6.91. The van der Waals surface area contributed by atoms with Crippen LogP contribution >= 0.6 is 15.9 Å². The minimum absolute atomic E-state index is 0.0383. The summed E-state index contributed by atoms with van der Waals surface area (Å²) in [5, 5.41) is 2.98. The Balaban J connectivity index is 1.51. The first kappa shape index (κ1) is 25.0. The molecule has 1 N–H and O–H groups in total. The molecule has 0 radical (unpaired) electrons. The van der Waals surface area contributed by atoms with E-state index in [1.54, 1.807) is 11.9 Å². The Morgan fingerprint density at radius 3 is 2.54 bits per heavy atom. The van der Waals surface area contributed by atoms with E-state index in [0.29, 0.717) is 35.9 Å². The molecule has 0 aromatic heterocycles. The lowest BCUT2D eigenvalue weighted by Gasteiger charge is -2.19. The summed E-state index contributed by atoms with van der Waals surface area (Å²) >= 11 is 3.48. The summed E-state index contributed by atoms with van der Waals surface area (Å²) in [6.45, 7) is 0.847. The van der Waals surface area contributed by atoms with Gasteiger partial charge in [-0.3, -0.25) is 14.6 Å². The second-order valence-corrected chi connectivity index (χ2v) is 10.2. The van der Waals surface area contributed by atoms with Crippen LogP contribution in [0.2, 0.25) is 0 Å². The van der Waals surface area contributed by atoms with E-state index in [2.05, 4.69) is 21.2 Å². The molecule has 0 saturated heterocycles. The Morgan fingerprint density at radius 1 is 1.03 bits per heavy atom. The zero-order valence-corrected chi connectivity index (χ0v) is 22.4. The van der Waals surface area contributed by atoms with E-state index < -0.39 is 5.92 Å². The normalized spacial score (nSPS) is 16.1. The van der Waals surface area contributed by atoms with Gasteiger partial charge in [0.2, 0.25) is 18.6 Å². The third-order valence-electron chi connectivity index (χ3n) is 6.42. The van der Waals surface area contributed by atoms with Crippen molar-refractivity contribution in [3.05, 3.63) is 76.3 Å². The van der Waals surface area contributed by atoms with Gasteiger partial charge in [-0.15, -0.1) is 0 Å². The zero-order chi connectivity index (χ0) is 26.1. The van der Waals surface area contributed by atoms with Crippen LogP contribution in [0.3, 0.4) is 0 Å². The number of nitrogens with zero attached hydrogens (tertiary/aromatic N) is 3. The van der Waals surface area contributed by atoms with Gasteiger partial charge >= 0.3 is 0 Å². The van der Waals surface area contributed by atoms with E-state index >= 15 is 0 Å². The maximum absolute atomic E-state index is 13.2. The Morgan fingerprint density at radius 2 is 1.78 bits per heavy atom. The van der Waals surface area contributed by atoms with Gasteiger partial charge in [0.1, 0.15) is 5.92 Å². The molecule has 1 atom stereocenters. The fourth-order valence-electron chi connectivity index (χ4n) is 4.38. The number of hydrogen-bond donors (Lipinski definition) is 1. The zero-order valence-electron chi connectivity index (χ0n) is 20.8. The SMILES string of the molecule is CN(C)CCC(=O)N(C)c1ccc(N=C(c2ccc3c(c2)OCO3)C2C(=O)Nc3cc(Br)ccc32)cc1. The van der Waals surface area contributed by atoms with Crippen LogP contribution in [-0.2, 0) is 9.59 Å². The summed E-state index contributed by atoms with van der Waals surface area (Å²) in [6.07, 6.45) is 0.435. The number of hydrogen-bond acceptors (Lipinski definition) is 6. The monoisotopic (exact) mass is 562 g/mol. The van der Waals surface area contributed by atoms with Gasteiger partial charge in [0.05, 0.1) is 11.4 Å². The molecule has 2 amide bonds. The molecule has 9 heteroatoms. The van der Waals surface area contributed by atoms with Gasteiger partial charge in [-0.2, -0.15) is 0 Å². The largest absolute Gasteiger partial charge is 0.454 e. The van der Waals surface area contributed by atoms with E-state index in [1.807, 2.05) is 79.7 Å². The van der Waals surface area contributed by atoms with Gasteiger partial charge in [-0.05, 0) is 74.3 Å². The molecule has 0 bridgehead atoms. The Labute approximate surface area is 224 Å². The van der Waals surface area contributed by atoms with Gasteiger partial charge in [-0.1, -0.05) is 22.0 Å². The smallest absolute Gasteiger partial charge is 0.238 e. The third kappa shape index (κ3) is 5.23. The molecule has 5 rings (SSSR count). The lowest BCUT2D eigenvalue weighted by molar-refractivity contribution is -0.118. The minimum atomic E-state index is -0.599. The van der Waals surface area contributed by atoms with Crippen molar-refractivity contribution in [3.63, 3.8) is 0 Å². The van der Waals surface area contributed by atoms with Crippen molar-refractivity contribution in [3.8, 4) is 11.5 Å². The number of fused-ring (bicyclic) bond motifs is 2. The van der Waals surface area contributed by atoms with Gasteiger partial charge < -0.3 is 24.6 Å². The van der Waals surface area contributed by atoms with E-state index in [1.165, 1.54) is 0 Å². The van der Waals surface area contributed by atoms with Gasteiger partial charge in [0.25, 0.3) is 0 Å². The van der Waals surface area contributed by atoms with Crippen molar-refractivity contribution in [1.29, 1.82) is 0 Å². The highest BCUT2D eigenvalue weighted by molar-refractivity contribution is 9.10. The number of carbonyl (C=O) groups is 2. The summed E-state index contributed by atoms with van der Waals surface area (Å²) in [4.78, 5) is 34.3. The molecule has 3 aromatic carbocycles. The number of nitrogens with one attached hydrogen (secondary N) is 1. The molecular weight excluding hydrogens is 536 g/mol. The first-order chi connectivity index (χ1) is 17.8. The number of ether oxygens (including phenoxy) is 2. The van der Waals surface area contributed by atoms with Crippen molar-refractivity contribution in [2.24, 2.45) is 4.99 Å². The first-order valence-corrected chi connectivity index (χ1v) is 12.7. The van der Waals surface area contributed by atoms with Crippen molar-refractivity contribution in [2.75, 3.05) is 44.7 Å². The second-order valence-electron chi connectivity index (χ2n) is 9.24. The van der Waals surface area contributed by atoms with E-state index in [9.17, 15) is 9.59 Å². The molecule has 2 aliphatic heterocycles. The molecule has 3 aromatic rings. The summed E-state index contributed by atoms with van der Waals surface area (Å²) in [5.74, 6) is 0.574. The number of amides is 2. The van der Waals surface area contributed by atoms with Crippen LogP contribution in [0.15, 0.2) is 70.1 Å². The van der Waals surface area contributed by atoms with Crippen LogP contribution in [0.4, 0.5) is 17.1 Å². The Hall–Kier alpha value is -3.69. The lowest BCUT2D eigenvalue weighted by Crippen LogP contribution is -2.29. The molecule has 190 valence electrons. The van der Waals surface area contributed by atoms with Crippen LogP contribution in [0.1, 0.15) is 23.5 Å². The quantitative estimate of drug-likeness (QED) is 0.412. The molecule has 2 aliphatic rings. The van der Waals surface area contributed by atoms with Gasteiger partial charge in [0.15, 0.2) is 11.5 Å². The fourth-order valence-corrected chi connectivity index (χ4v) is 4.74. The van der Waals surface area contributed by atoms with Crippen molar-refractivity contribution in [2.45, 2.75) is 12.3 Å². The molecule has 2 heterocycles. The second kappa shape index (κ2) is 10.4. The van der Waals surface area contributed by atoms with Crippen LogP contribution < -0.4 is 19.7 Å². The highest BCUT2D eigenvalue weighted by atomic mass is 79.9. The highest BCUT2D eigenvalue weighted by Gasteiger charge is 2.36. The van der Waals surface area contributed by atoms with Crippen LogP contribution in [-0.4, -0.2) is 56.9 Å². The molecule has 0 spiro atoms. The predicted octanol–water partition coefficient (Wildman–Crippen LogP) is 4.95. The number of halogens is 1. The van der Waals surface area contributed by atoms with Gasteiger partial charge in [0, 0.05) is 41.4 Å².